The molecule has 0 aliphatic heterocycles. The van der Waals surface area contributed by atoms with Gasteiger partial charge in [0.25, 0.3) is 5.69 Å². The van der Waals surface area contributed by atoms with Crippen molar-refractivity contribution in [3.63, 3.8) is 0 Å². The molecule has 0 N–H and O–H groups in total. The van der Waals surface area contributed by atoms with Crippen molar-refractivity contribution in [1.82, 2.24) is 0 Å². The van der Waals surface area contributed by atoms with Crippen LogP contribution >= 0.6 is 15.9 Å². The SMILES string of the molecule is O=C(CBr)CCc1ccc([N+](=O)[O-])cc1. The van der Waals surface area contributed by atoms with Crippen LogP contribution in [0.15, 0.2) is 24.3 Å². The van der Waals surface area contributed by atoms with Crippen LogP contribution in [0.5, 0.6) is 0 Å². The Morgan fingerprint density at radius 3 is 2.40 bits per heavy atom. The van der Waals surface area contributed by atoms with E-state index in [1.54, 1.807) is 12.1 Å². The molecule has 0 saturated heterocycles. The van der Waals surface area contributed by atoms with E-state index in [4.69, 9.17) is 0 Å². The van der Waals surface area contributed by atoms with Crippen LogP contribution in [0.4, 0.5) is 5.69 Å². The molecule has 0 unspecified atom stereocenters. The molecule has 5 heteroatoms. The van der Waals surface area contributed by atoms with E-state index in [0.29, 0.717) is 18.2 Å². The Hall–Kier alpha value is -1.23. The predicted octanol–water partition coefficient (Wildman–Crippen LogP) is 2.49. The summed E-state index contributed by atoms with van der Waals surface area (Å²) in [5.41, 5.74) is 1.01. The third-order valence-electron chi connectivity index (χ3n) is 1.99. The Morgan fingerprint density at radius 1 is 1.33 bits per heavy atom. The molecule has 0 bridgehead atoms. The van der Waals surface area contributed by atoms with Gasteiger partial charge in [-0.2, -0.15) is 0 Å². The smallest absolute Gasteiger partial charge is 0.269 e. The van der Waals surface area contributed by atoms with Crippen LogP contribution in [0.1, 0.15) is 12.0 Å². The van der Waals surface area contributed by atoms with Gasteiger partial charge < -0.3 is 0 Å². The lowest BCUT2D eigenvalue weighted by molar-refractivity contribution is -0.384. The fourth-order valence-electron chi connectivity index (χ4n) is 1.13. The highest BCUT2D eigenvalue weighted by Crippen LogP contribution is 2.13. The molecule has 1 aromatic rings. The number of benzene rings is 1. The quantitative estimate of drug-likeness (QED) is 0.470. The molecule has 0 amide bonds. The molecule has 0 fully saturated rings. The number of nitrogens with zero attached hydrogens (tertiary/aromatic N) is 1. The number of rotatable bonds is 5. The van der Waals surface area contributed by atoms with E-state index in [9.17, 15) is 14.9 Å². The number of carbonyl (C=O) groups excluding carboxylic acids is 1. The summed E-state index contributed by atoms with van der Waals surface area (Å²) in [4.78, 5) is 20.9. The van der Waals surface area contributed by atoms with Crippen LogP contribution in [0.2, 0.25) is 0 Å². The average Bonchev–Trinajstić information content (AvgIpc) is 2.26. The van der Waals surface area contributed by atoms with Gasteiger partial charge in [-0.1, -0.05) is 28.1 Å². The van der Waals surface area contributed by atoms with Gasteiger partial charge in [0.1, 0.15) is 5.78 Å². The predicted molar refractivity (Wildman–Crippen MR) is 60.2 cm³/mol. The molecule has 0 aliphatic carbocycles. The van der Waals surface area contributed by atoms with Gasteiger partial charge in [0.05, 0.1) is 10.3 Å². The van der Waals surface area contributed by atoms with E-state index in [-0.39, 0.29) is 11.5 Å². The number of Topliss-reactive ketones (excluding diaryl/α,β-unsaturated/α-hetero) is 1. The van der Waals surface area contributed by atoms with Crippen molar-refractivity contribution in [2.24, 2.45) is 0 Å². The molecule has 0 atom stereocenters. The fraction of sp³-hybridized carbons (Fsp3) is 0.300. The number of alkyl halides is 1. The summed E-state index contributed by atoms with van der Waals surface area (Å²) < 4.78 is 0. The second kappa shape index (κ2) is 5.60. The van der Waals surface area contributed by atoms with Crippen molar-refractivity contribution in [2.45, 2.75) is 12.8 Å². The van der Waals surface area contributed by atoms with Gasteiger partial charge in [0, 0.05) is 18.6 Å². The largest absolute Gasteiger partial charge is 0.299 e. The highest BCUT2D eigenvalue weighted by molar-refractivity contribution is 9.09. The van der Waals surface area contributed by atoms with E-state index in [0.717, 1.165) is 5.56 Å². The maximum absolute atomic E-state index is 11.0. The van der Waals surface area contributed by atoms with Crippen molar-refractivity contribution in [1.29, 1.82) is 0 Å². The lowest BCUT2D eigenvalue weighted by Gasteiger charge is -1.98. The summed E-state index contributed by atoms with van der Waals surface area (Å²) >= 11 is 3.08. The standard InChI is InChI=1S/C10H10BrNO3/c11-7-10(13)6-3-8-1-4-9(5-2-8)12(14)15/h1-2,4-5H,3,6-7H2. The van der Waals surface area contributed by atoms with E-state index >= 15 is 0 Å². The molecular weight excluding hydrogens is 262 g/mol. The second-order valence-corrected chi connectivity index (χ2v) is 3.66. The first-order valence-electron chi connectivity index (χ1n) is 4.44. The van der Waals surface area contributed by atoms with Gasteiger partial charge in [-0.15, -0.1) is 0 Å². The summed E-state index contributed by atoms with van der Waals surface area (Å²) in [6.07, 6.45) is 1.09. The van der Waals surface area contributed by atoms with Crippen LogP contribution in [-0.4, -0.2) is 16.0 Å². The Labute approximate surface area is 95.6 Å². The number of ketones is 1. The van der Waals surface area contributed by atoms with E-state index in [1.165, 1.54) is 12.1 Å². The Kier molecular flexibility index (Phi) is 4.42. The van der Waals surface area contributed by atoms with Gasteiger partial charge in [-0.25, -0.2) is 0 Å². The maximum atomic E-state index is 11.0. The number of hydrogen-bond acceptors (Lipinski definition) is 3. The molecule has 80 valence electrons. The summed E-state index contributed by atoms with van der Waals surface area (Å²) in [5.74, 6) is 0.133. The minimum Gasteiger partial charge on any atom is -0.299 e. The van der Waals surface area contributed by atoms with Crippen LogP contribution in [0.25, 0.3) is 0 Å². The minimum absolute atomic E-state index is 0.0746. The molecule has 0 radical (unpaired) electrons. The number of hydrogen-bond donors (Lipinski definition) is 0. The second-order valence-electron chi connectivity index (χ2n) is 3.10. The third-order valence-corrected chi connectivity index (χ3v) is 2.61. The molecule has 1 aromatic carbocycles. The first-order chi connectivity index (χ1) is 7.13. The average molecular weight is 272 g/mol. The van der Waals surface area contributed by atoms with Crippen LogP contribution in [-0.2, 0) is 11.2 Å². The summed E-state index contributed by atoms with van der Waals surface area (Å²) in [5, 5.41) is 10.7. The first-order valence-corrected chi connectivity index (χ1v) is 5.56. The number of nitro benzene ring substituents is 1. The van der Waals surface area contributed by atoms with Crippen molar-refractivity contribution in [2.75, 3.05) is 5.33 Å². The zero-order chi connectivity index (χ0) is 11.3. The van der Waals surface area contributed by atoms with Crippen molar-refractivity contribution in [3.8, 4) is 0 Å². The van der Waals surface area contributed by atoms with E-state index in [1.807, 2.05) is 0 Å². The minimum atomic E-state index is -0.437. The van der Waals surface area contributed by atoms with Gasteiger partial charge in [-0.05, 0) is 12.0 Å². The Morgan fingerprint density at radius 2 is 1.93 bits per heavy atom. The lowest BCUT2D eigenvalue weighted by Crippen LogP contribution is -2.00. The number of carbonyl (C=O) groups is 1. The van der Waals surface area contributed by atoms with Gasteiger partial charge in [0.15, 0.2) is 0 Å². The molecule has 4 nitrogen and oxygen atoms in total. The molecule has 0 aromatic heterocycles. The number of aryl methyl sites for hydroxylation is 1. The number of halogens is 1. The Balaban J connectivity index is 2.57. The van der Waals surface area contributed by atoms with Crippen LogP contribution in [0, 0.1) is 10.1 Å². The Bertz CT molecular complexity index is 361. The van der Waals surface area contributed by atoms with Crippen molar-refractivity contribution < 1.29 is 9.72 Å². The molecular formula is C10H10BrNO3. The van der Waals surface area contributed by atoms with E-state index < -0.39 is 4.92 Å². The molecule has 0 heterocycles. The van der Waals surface area contributed by atoms with Gasteiger partial charge in [0.2, 0.25) is 0 Å². The summed E-state index contributed by atoms with van der Waals surface area (Å²) in [6, 6.07) is 6.27. The van der Waals surface area contributed by atoms with Crippen molar-refractivity contribution >= 4 is 27.4 Å². The van der Waals surface area contributed by atoms with Gasteiger partial charge in [-0.3, -0.25) is 14.9 Å². The van der Waals surface area contributed by atoms with E-state index in [2.05, 4.69) is 15.9 Å². The maximum Gasteiger partial charge on any atom is 0.269 e. The molecule has 1 rings (SSSR count). The molecule has 15 heavy (non-hydrogen) atoms. The highest BCUT2D eigenvalue weighted by Gasteiger charge is 2.05. The topological polar surface area (TPSA) is 60.2 Å². The monoisotopic (exact) mass is 271 g/mol. The zero-order valence-electron chi connectivity index (χ0n) is 7.98. The van der Waals surface area contributed by atoms with Crippen LogP contribution in [0.3, 0.4) is 0 Å². The zero-order valence-corrected chi connectivity index (χ0v) is 9.57. The number of non-ortho nitro benzene ring substituents is 1. The summed E-state index contributed by atoms with van der Waals surface area (Å²) in [6.45, 7) is 0. The molecule has 0 aliphatic rings. The first kappa shape index (κ1) is 11.8. The van der Waals surface area contributed by atoms with Crippen molar-refractivity contribution in [3.05, 3.63) is 39.9 Å². The lowest BCUT2D eigenvalue weighted by atomic mass is 10.1. The third kappa shape index (κ3) is 3.79. The fourth-order valence-corrected chi connectivity index (χ4v) is 1.42. The highest BCUT2D eigenvalue weighted by atomic mass is 79.9. The summed E-state index contributed by atoms with van der Waals surface area (Å²) in [7, 11) is 0. The van der Waals surface area contributed by atoms with Gasteiger partial charge >= 0.3 is 0 Å². The molecule has 0 saturated carbocycles. The number of nitro groups is 1. The van der Waals surface area contributed by atoms with Crippen LogP contribution < -0.4 is 0 Å². The molecule has 0 spiro atoms. The normalized spacial score (nSPS) is 9.93.